The fraction of sp³-hybridized carbons (Fsp3) is 0.333. The highest BCUT2D eigenvalue weighted by Crippen LogP contribution is 2.28. The van der Waals surface area contributed by atoms with E-state index < -0.39 is 5.97 Å². The van der Waals surface area contributed by atoms with Crippen molar-refractivity contribution >= 4 is 22.8 Å². The lowest BCUT2D eigenvalue weighted by atomic mass is 10.0. The molecule has 6 heteroatoms. The maximum absolute atomic E-state index is 12.6. The van der Waals surface area contributed by atoms with Crippen molar-refractivity contribution in [2.75, 3.05) is 13.7 Å². The van der Waals surface area contributed by atoms with Gasteiger partial charge < -0.3 is 19.7 Å². The van der Waals surface area contributed by atoms with Crippen LogP contribution >= 0.6 is 0 Å². The van der Waals surface area contributed by atoms with E-state index in [1.165, 1.54) is 13.2 Å². The van der Waals surface area contributed by atoms with Gasteiger partial charge >= 0.3 is 5.97 Å². The lowest BCUT2D eigenvalue weighted by Crippen LogP contribution is -2.25. The van der Waals surface area contributed by atoms with E-state index in [0.717, 1.165) is 28.5 Å². The lowest BCUT2D eigenvalue weighted by molar-refractivity contribution is 0.0696. The summed E-state index contributed by atoms with van der Waals surface area (Å²) in [5.74, 6) is 0.0133. The van der Waals surface area contributed by atoms with E-state index in [1.54, 1.807) is 12.1 Å². The molecule has 0 unspecified atom stereocenters. The average Bonchev–Trinajstić information content (AvgIpc) is 3.02. The first-order valence-corrected chi connectivity index (χ1v) is 10.1. The van der Waals surface area contributed by atoms with Gasteiger partial charge in [-0.05, 0) is 53.8 Å². The highest BCUT2D eigenvalue weighted by Gasteiger charge is 2.15. The van der Waals surface area contributed by atoms with Crippen LogP contribution in [-0.4, -0.2) is 35.2 Å². The van der Waals surface area contributed by atoms with Crippen LogP contribution in [0.15, 0.2) is 42.6 Å². The molecule has 2 N–H and O–H groups in total. The van der Waals surface area contributed by atoms with Crippen molar-refractivity contribution in [3.8, 4) is 5.75 Å². The number of hydrogen-bond donors (Lipinski definition) is 2. The van der Waals surface area contributed by atoms with Crippen molar-refractivity contribution < 1.29 is 19.4 Å². The molecule has 1 heterocycles. The first-order valence-electron chi connectivity index (χ1n) is 10.1. The molecule has 0 fully saturated rings. The highest BCUT2D eigenvalue weighted by molar-refractivity contribution is 5.99. The third-order valence-electron chi connectivity index (χ3n) is 5.26. The molecule has 158 valence electrons. The van der Waals surface area contributed by atoms with Gasteiger partial charge in [-0.3, -0.25) is 4.79 Å². The molecule has 0 aliphatic rings. The van der Waals surface area contributed by atoms with Crippen molar-refractivity contribution in [2.45, 2.75) is 26.7 Å². The number of aromatic carboxylic acids is 1. The molecule has 2 aromatic carbocycles. The first-order chi connectivity index (χ1) is 14.3. The van der Waals surface area contributed by atoms with Crippen LogP contribution in [0.5, 0.6) is 5.75 Å². The number of carboxylic acids is 1. The lowest BCUT2D eigenvalue weighted by Gasteiger charge is -2.10. The van der Waals surface area contributed by atoms with Gasteiger partial charge in [0.05, 0.1) is 12.7 Å². The topological polar surface area (TPSA) is 80.6 Å². The predicted octanol–water partition coefficient (Wildman–Crippen LogP) is 4.25. The summed E-state index contributed by atoms with van der Waals surface area (Å²) in [5, 5.41) is 13.2. The molecule has 0 saturated carbocycles. The number of benzene rings is 2. The van der Waals surface area contributed by atoms with Crippen LogP contribution in [0.25, 0.3) is 10.9 Å². The molecular weight excluding hydrogens is 380 g/mol. The maximum atomic E-state index is 12.6. The Labute approximate surface area is 176 Å². The minimum absolute atomic E-state index is 0.0734. The molecule has 1 amide bonds. The van der Waals surface area contributed by atoms with E-state index in [2.05, 4.69) is 19.2 Å². The third kappa shape index (κ3) is 4.64. The number of carboxylic acid groups (broad SMARTS) is 1. The van der Waals surface area contributed by atoms with Gasteiger partial charge in [0, 0.05) is 42.7 Å². The number of carbonyl (C=O) groups is 2. The summed E-state index contributed by atoms with van der Waals surface area (Å²) in [6, 6.07) is 10.6. The second kappa shape index (κ2) is 9.03. The number of carbonyl (C=O) groups excluding carboxylic acids is 1. The number of aryl methyl sites for hydroxylation is 1. The van der Waals surface area contributed by atoms with E-state index in [1.807, 2.05) is 36.0 Å². The van der Waals surface area contributed by atoms with Crippen LogP contribution in [0.1, 0.15) is 52.1 Å². The Hall–Kier alpha value is -3.28. The number of ether oxygens (including phenoxy) is 1. The molecule has 0 atom stereocenters. The second-order valence-corrected chi connectivity index (χ2v) is 7.94. The van der Waals surface area contributed by atoms with E-state index in [-0.39, 0.29) is 11.5 Å². The van der Waals surface area contributed by atoms with Gasteiger partial charge in [-0.2, -0.15) is 0 Å². The fourth-order valence-electron chi connectivity index (χ4n) is 3.56. The second-order valence-electron chi connectivity index (χ2n) is 7.94. The predicted molar refractivity (Wildman–Crippen MR) is 117 cm³/mol. The number of aromatic nitrogens is 1. The zero-order valence-electron chi connectivity index (χ0n) is 17.9. The number of hydrogen-bond acceptors (Lipinski definition) is 3. The third-order valence-corrected chi connectivity index (χ3v) is 5.26. The quantitative estimate of drug-likeness (QED) is 0.584. The summed E-state index contributed by atoms with van der Waals surface area (Å²) >= 11 is 0. The van der Waals surface area contributed by atoms with Gasteiger partial charge in [-0.15, -0.1) is 0 Å². The van der Waals surface area contributed by atoms with E-state index in [9.17, 15) is 14.7 Å². The summed E-state index contributed by atoms with van der Waals surface area (Å²) < 4.78 is 7.45. The van der Waals surface area contributed by atoms with Crippen molar-refractivity contribution in [1.82, 2.24) is 9.88 Å². The van der Waals surface area contributed by atoms with Crippen LogP contribution in [0.3, 0.4) is 0 Å². The Bertz CT molecular complexity index is 1080. The molecule has 6 nitrogen and oxygen atoms in total. The van der Waals surface area contributed by atoms with Gasteiger partial charge in [0.15, 0.2) is 0 Å². The maximum Gasteiger partial charge on any atom is 0.335 e. The van der Waals surface area contributed by atoms with Gasteiger partial charge in [-0.1, -0.05) is 19.9 Å². The van der Waals surface area contributed by atoms with Crippen molar-refractivity contribution in [3.63, 3.8) is 0 Å². The number of nitrogens with zero attached hydrogens (tertiary/aromatic N) is 1. The Kier molecular flexibility index (Phi) is 6.45. The highest BCUT2D eigenvalue weighted by atomic mass is 16.5. The van der Waals surface area contributed by atoms with Gasteiger partial charge in [0.2, 0.25) is 0 Å². The largest absolute Gasteiger partial charge is 0.496 e. The van der Waals surface area contributed by atoms with Crippen LogP contribution in [0, 0.1) is 5.92 Å². The minimum Gasteiger partial charge on any atom is -0.496 e. The van der Waals surface area contributed by atoms with Gasteiger partial charge in [0.1, 0.15) is 5.75 Å². The molecular formula is C24H28N2O4. The van der Waals surface area contributed by atoms with Crippen LogP contribution in [0.2, 0.25) is 0 Å². The number of rotatable bonds is 8. The summed E-state index contributed by atoms with van der Waals surface area (Å²) in [5.41, 5.74) is 3.79. The molecule has 0 spiro atoms. The summed E-state index contributed by atoms with van der Waals surface area (Å²) in [7, 11) is 3.51. The molecule has 30 heavy (non-hydrogen) atoms. The first kappa shape index (κ1) is 21.4. The number of amides is 1. The Morgan fingerprint density at radius 3 is 2.50 bits per heavy atom. The van der Waals surface area contributed by atoms with Crippen molar-refractivity contribution in [2.24, 2.45) is 13.0 Å². The summed E-state index contributed by atoms with van der Waals surface area (Å²) in [4.78, 5) is 23.8. The SMILES string of the molecule is COc1cc(C(=O)O)ccc1Cc1cn(C)c2ccc(C(=O)NCCC(C)C)cc12. The van der Waals surface area contributed by atoms with Crippen LogP contribution < -0.4 is 10.1 Å². The van der Waals surface area contributed by atoms with E-state index >= 15 is 0 Å². The van der Waals surface area contributed by atoms with Gasteiger partial charge in [-0.25, -0.2) is 4.79 Å². The zero-order valence-corrected chi connectivity index (χ0v) is 17.9. The van der Waals surface area contributed by atoms with Crippen LogP contribution in [-0.2, 0) is 13.5 Å². The molecule has 0 bridgehead atoms. The van der Waals surface area contributed by atoms with Gasteiger partial charge in [0.25, 0.3) is 5.91 Å². The number of fused-ring (bicyclic) bond motifs is 1. The van der Waals surface area contributed by atoms with E-state index in [4.69, 9.17) is 4.74 Å². The molecule has 3 aromatic rings. The number of nitrogens with one attached hydrogen (secondary N) is 1. The normalized spacial score (nSPS) is 11.1. The molecule has 3 rings (SSSR count). The smallest absolute Gasteiger partial charge is 0.335 e. The monoisotopic (exact) mass is 408 g/mol. The van der Waals surface area contributed by atoms with Crippen molar-refractivity contribution in [1.29, 1.82) is 0 Å². The fourth-order valence-corrected chi connectivity index (χ4v) is 3.56. The zero-order chi connectivity index (χ0) is 21.8. The minimum atomic E-state index is -0.988. The summed E-state index contributed by atoms with van der Waals surface area (Å²) in [6.07, 6.45) is 3.55. The average molecular weight is 408 g/mol. The Morgan fingerprint density at radius 2 is 1.83 bits per heavy atom. The standard InChI is InChI=1S/C24H28N2O4/c1-15(2)9-10-25-23(27)17-7-8-21-20(12-17)19(14-26(21)3)11-16-5-6-18(24(28)29)13-22(16)30-4/h5-8,12-15H,9-11H2,1-4H3,(H,25,27)(H,28,29). The molecule has 0 saturated heterocycles. The summed E-state index contributed by atoms with van der Waals surface area (Å²) in [6.45, 7) is 4.92. The Morgan fingerprint density at radius 1 is 1.10 bits per heavy atom. The molecule has 1 aromatic heterocycles. The van der Waals surface area contributed by atoms with Crippen LogP contribution in [0.4, 0.5) is 0 Å². The number of methoxy groups -OCH3 is 1. The molecule has 0 radical (unpaired) electrons. The molecule has 0 aliphatic carbocycles. The van der Waals surface area contributed by atoms with Crippen molar-refractivity contribution in [3.05, 3.63) is 64.8 Å². The molecule has 0 aliphatic heterocycles. The Balaban J connectivity index is 1.91. The van der Waals surface area contributed by atoms with E-state index in [0.29, 0.717) is 30.2 Å².